The molecule has 1 aromatic carbocycles. The zero-order valence-electron chi connectivity index (χ0n) is 7.59. The van der Waals surface area contributed by atoms with Crippen molar-refractivity contribution >= 4 is 0 Å². The minimum Gasteiger partial charge on any atom is -0.327 e. The minimum absolute atomic E-state index is 0.0821. The van der Waals surface area contributed by atoms with Crippen LogP contribution in [0.25, 0.3) is 0 Å². The van der Waals surface area contributed by atoms with Crippen LogP contribution in [0.1, 0.15) is 29.3 Å². The highest BCUT2D eigenvalue weighted by atomic mass is 19.1. The fourth-order valence-corrected chi connectivity index (χ4v) is 1.92. The van der Waals surface area contributed by atoms with Gasteiger partial charge in [-0.2, -0.15) is 0 Å². The summed E-state index contributed by atoms with van der Waals surface area (Å²) in [6, 6.07) is 5.88. The van der Waals surface area contributed by atoms with Crippen LogP contribution < -0.4 is 5.73 Å². The summed E-state index contributed by atoms with van der Waals surface area (Å²) in [5, 5.41) is 0. The summed E-state index contributed by atoms with van der Waals surface area (Å²) in [5.74, 6) is 0. The number of benzene rings is 1. The summed E-state index contributed by atoms with van der Waals surface area (Å²) in [4.78, 5) is 0. The molecule has 1 aliphatic rings. The van der Waals surface area contributed by atoms with Gasteiger partial charge in [0.1, 0.15) is 6.17 Å². The molecule has 1 aliphatic carbocycles. The Balaban J connectivity index is 2.30. The molecule has 0 aliphatic heterocycles. The zero-order chi connectivity index (χ0) is 9.26. The van der Waals surface area contributed by atoms with E-state index in [4.69, 9.17) is 5.73 Å². The Kier molecular flexibility index (Phi) is 2.32. The monoisotopic (exact) mass is 179 g/mol. The molecule has 2 N–H and O–H groups in total. The molecule has 0 saturated carbocycles. The van der Waals surface area contributed by atoms with E-state index in [0.29, 0.717) is 0 Å². The van der Waals surface area contributed by atoms with Crippen LogP contribution in [0.3, 0.4) is 0 Å². The van der Waals surface area contributed by atoms with Crippen LogP contribution in [0.5, 0.6) is 0 Å². The Morgan fingerprint density at radius 2 is 2.08 bits per heavy atom. The largest absolute Gasteiger partial charge is 0.327 e. The van der Waals surface area contributed by atoms with Gasteiger partial charge in [-0.15, -0.1) is 0 Å². The summed E-state index contributed by atoms with van der Waals surface area (Å²) >= 11 is 0. The summed E-state index contributed by atoms with van der Waals surface area (Å²) in [6.07, 6.45) is 2.46. The second-order valence-corrected chi connectivity index (χ2v) is 3.58. The first-order valence-corrected chi connectivity index (χ1v) is 4.77. The van der Waals surface area contributed by atoms with E-state index in [1.807, 2.05) is 18.2 Å². The molecule has 0 spiro atoms. The van der Waals surface area contributed by atoms with E-state index < -0.39 is 6.17 Å². The van der Waals surface area contributed by atoms with Crippen molar-refractivity contribution in [3.8, 4) is 0 Å². The van der Waals surface area contributed by atoms with Crippen LogP contribution in [-0.2, 0) is 12.8 Å². The summed E-state index contributed by atoms with van der Waals surface area (Å²) < 4.78 is 13.2. The number of rotatable bonds is 2. The molecule has 2 heteroatoms. The normalized spacial score (nSPS) is 17.1. The van der Waals surface area contributed by atoms with Gasteiger partial charge in [-0.1, -0.05) is 18.2 Å². The lowest BCUT2D eigenvalue weighted by atomic mass is 10.0. The maximum atomic E-state index is 13.2. The fourth-order valence-electron chi connectivity index (χ4n) is 1.92. The molecule has 0 amide bonds. The van der Waals surface area contributed by atoms with Crippen molar-refractivity contribution in [1.29, 1.82) is 0 Å². The van der Waals surface area contributed by atoms with Gasteiger partial charge in [-0.25, -0.2) is 4.39 Å². The Labute approximate surface area is 77.8 Å². The summed E-state index contributed by atoms with van der Waals surface area (Å²) in [5.41, 5.74) is 8.71. The molecule has 70 valence electrons. The molecule has 13 heavy (non-hydrogen) atoms. The molecular formula is C11H14FN. The van der Waals surface area contributed by atoms with Crippen molar-refractivity contribution in [2.45, 2.75) is 25.4 Å². The SMILES string of the molecule is NCC(F)c1ccc2c(c1)CCC2. The number of hydrogen-bond donors (Lipinski definition) is 1. The van der Waals surface area contributed by atoms with Crippen LogP contribution in [-0.4, -0.2) is 6.54 Å². The predicted octanol–water partition coefficient (Wildman–Crippen LogP) is 2.14. The van der Waals surface area contributed by atoms with Crippen molar-refractivity contribution in [3.05, 3.63) is 34.9 Å². The summed E-state index contributed by atoms with van der Waals surface area (Å²) in [7, 11) is 0. The van der Waals surface area contributed by atoms with Gasteiger partial charge in [0.15, 0.2) is 0 Å². The smallest absolute Gasteiger partial charge is 0.137 e. The summed E-state index contributed by atoms with van der Waals surface area (Å²) in [6.45, 7) is 0.0821. The van der Waals surface area contributed by atoms with Crippen molar-refractivity contribution in [2.75, 3.05) is 6.54 Å². The quantitative estimate of drug-likeness (QED) is 0.739. The zero-order valence-corrected chi connectivity index (χ0v) is 7.59. The molecule has 0 radical (unpaired) electrons. The highest BCUT2D eigenvalue weighted by Crippen LogP contribution is 2.26. The minimum atomic E-state index is -0.995. The number of alkyl halides is 1. The third-order valence-corrected chi connectivity index (χ3v) is 2.69. The number of hydrogen-bond acceptors (Lipinski definition) is 1. The lowest BCUT2D eigenvalue weighted by Crippen LogP contribution is -2.07. The maximum absolute atomic E-state index is 13.2. The topological polar surface area (TPSA) is 26.0 Å². The van der Waals surface area contributed by atoms with Crippen molar-refractivity contribution in [3.63, 3.8) is 0 Å². The van der Waals surface area contributed by atoms with Crippen molar-refractivity contribution in [2.24, 2.45) is 5.73 Å². The first kappa shape index (κ1) is 8.70. The number of aryl methyl sites for hydroxylation is 2. The molecule has 0 saturated heterocycles. The third-order valence-electron chi connectivity index (χ3n) is 2.69. The van der Waals surface area contributed by atoms with Crippen LogP contribution >= 0.6 is 0 Å². The van der Waals surface area contributed by atoms with Crippen LogP contribution in [0, 0.1) is 0 Å². The second kappa shape index (κ2) is 3.46. The lowest BCUT2D eigenvalue weighted by molar-refractivity contribution is 0.353. The molecule has 0 fully saturated rings. The average Bonchev–Trinajstić information content (AvgIpc) is 2.63. The van der Waals surface area contributed by atoms with E-state index in [2.05, 4.69) is 0 Å². The Hall–Kier alpha value is -0.890. The second-order valence-electron chi connectivity index (χ2n) is 3.58. The molecule has 1 unspecified atom stereocenters. The van der Waals surface area contributed by atoms with Gasteiger partial charge in [-0.05, 0) is 36.0 Å². The lowest BCUT2D eigenvalue weighted by Gasteiger charge is -2.07. The first-order chi connectivity index (χ1) is 6.31. The van der Waals surface area contributed by atoms with Crippen LogP contribution in [0.2, 0.25) is 0 Å². The standard InChI is InChI=1S/C11H14FN/c12-11(7-13)10-5-4-8-2-1-3-9(8)6-10/h4-6,11H,1-3,7,13H2. The highest BCUT2D eigenvalue weighted by Gasteiger charge is 2.14. The fraction of sp³-hybridized carbons (Fsp3) is 0.455. The Morgan fingerprint density at radius 3 is 2.85 bits per heavy atom. The molecule has 0 aromatic heterocycles. The average molecular weight is 179 g/mol. The number of nitrogens with two attached hydrogens (primary N) is 1. The molecule has 0 heterocycles. The van der Waals surface area contributed by atoms with Gasteiger partial charge in [0.25, 0.3) is 0 Å². The van der Waals surface area contributed by atoms with E-state index in [9.17, 15) is 4.39 Å². The van der Waals surface area contributed by atoms with E-state index in [0.717, 1.165) is 18.4 Å². The number of fused-ring (bicyclic) bond motifs is 1. The van der Waals surface area contributed by atoms with Crippen LogP contribution in [0.15, 0.2) is 18.2 Å². The maximum Gasteiger partial charge on any atom is 0.137 e. The molecule has 1 aromatic rings. The molecule has 1 atom stereocenters. The molecule has 1 nitrogen and oxygen atoms in total. The van der Waals surface area contributed by atoms with Crippen molar-refractivity contribution in [1.82, 2.24) is 0 Å². The molecular weight excluding hydrogens is 165 g/mol. The van der Waals surface area contributed by atoms with E-state index in [1.165, 1.54) is 17.5 Å². The van der Waals surface area contributed by atoms with Crippen LogP contribution in [0.4, 0.5) is 4.39 Å². The van der Waals surface area contributed by atoms with Crippen molar-refractivity contribution < 1.29 is 4.39 Å². The molecule has 0 bridgehead atoms. The van der Waals surface area contributed by atoms with Gasteiger partial charge >= 0.3 is 0 Å². The van der Waals surface area contributed by atoms with Gasteiger partial charge < -0.3 is 5.73 Å². The van der Waals surface area contributed by atoms with Gasteiger partial charge in [0, 0.05) is 6.54 Å². The first-order valence-electron chi connectivity index (χ1n) is 4.77. The van der Waals surface area contributed by atoms with E-state index in [1.54, 1.807) is 0 Å². The Morgan fingerprint density at radius 1 is 1.31 bits per heavy atom. The van der Waals surface area contributed by atoms with Gasteiger partial charge in [-0.3, -0.25) is 0 Å². The van der Waals surface area contributed by atoms with E-state index in [-0.39, 0.29) is 6.54 Å². The predicted molar refractivity (Wildman–Crippen MR) is 51.4 cm³/mol. The van der Waals surface area contributed by atoms with E-state index >= 15 is 0 Å². The molecule has 2 rings (SSSR count). The highest BCUT2D eigenvalue weighted by molar-refractivity contribution is 5.36. The number of halogens is 1. The van der Waals surface area contributed by atoms with Gasteiger partial charge in [0.05, 0.1) is 0 Å². The Bertz CT molecular complexity index is 309. The third kappa shape index (κ3) is 1.59. The van der Waals surface area contributed by atoms with Gasteiger partial charge in [0.2, 0.25) is 0 Å².